The Morgan fingerprint density at radius 3 is 2.43 bits per heavy atom. The summed E-state index contributed by atoms with van der Waals surface area (Å²) in [6.07, 6.45) is 0.887. The van der Waals surface area contributed by atoms with Crippen molar-refractivity contribution in [2.45, 2.75) is 32.1 Å². The van der Waals surface area contributed by atoms with Gasteiger partial charge >= 0.3 is 0 Å². The lowest BCUT2D eigenvalue weighted by Crippen LogP contribution is -2.28. The molecule has 7 heteroatoms. The second-order valence-corrected chi connectivity index (χ2v) is 8.78. The maximum Gasteiger partial charge on any atom is 0.262 e. The van der Waals surface area contributed by atoms with Gasteiger partial charge in [-0.15, -0.1) is 0 Å². The van der Waals surface area contributed by atoms with Crippen LogP contribution in [-0.4, -0.2) is 32.8 Å². The Kier molecular flexibility index (Phi) is 6.25. The molecule has 0 fully saturated rings. The van der Waals surface area contributed by atoms with Gasteiger partial charge < -0.3 is 4.90 Å². The molecule has 0 heterocycles. The third-order valence-corrected chi connectivity index (χ3v) is 5.78. The van der Waals surface area contributed by atoms with Crippen LogP contribution in [0.15, 0.2) is 21.5 Å². The van der Waals surface area contributed by atoms with E-state index in [0.29, 0.717) is 28.1 Å². The van der Waals surface area contributed by atoms with Gasteiger partial charge in [-0.3, -0.25) is 4.79 Å². The van der Waals surface area contributed by atoms with Gasteiger partial charge in [0, 0.05) is 34.3 Å². The van der Waals surface area contributed by atoms with E-state index in [2.05, 4.69) is 29.8 Å². The molecule has 21 heavy (non-hydrogen) atoms. The molecule has 0 N–H and O–H groups in total. The monoisotopic (exact) mass is 395 g/mol. The Bertz CT molecular complexity index is 644. The number of hydrogen-bond donors (Lipinski definition) is 0. The number of carbonyl (C=O) groups is 1. The second-order valence-electron chi connectivity index (χ2n) is 5.45. The van der Waals surface area contributed by atoms with E-state index in [0.717, 1.165) is 6.42 Å². The van der Waals surface area contributed by atoms with Gasteiger partial charge in [0.2, 0.25) is 0 Å². The van der Waals surface area contributed by atoms with Gasteiger partial charge in [-0.1, -0.05) is 13.8 Å². The van der Waals surface area contributed by atoms with Gasteiger partial charge in [-0.05, 0) is 52.9 Å². The molecule has 0 spiro atoms. The average molecular weight is 397 g/mol. The molecule has 1 aromatic carbocycles. The van der Waals surface area contributed by atoms with E-state index in [4.69, 9.17) is 10.7 Å². The quantitative estimate of drug-likeness (QED) is 0.711. The minimum Gasteiger partial charge on any atom is -0.342 e. The third-order valence-electron chi connectivity index (χ3n) is 3.12. The molecule has 0 aliphatic heterocycles. The number of nitrogens with zero attached hydrogens (tertiary/aromatic N) is 1. The molecule has 0 aliphatic carbocycles. The Balaban J connectivity index is 3.14. The summed E-state index contributed by atoms with van der Waals surface area (Å²) in [5.74, 6) is 0.276. The summed E-state index contributed by atoms with van der Waals surface area (Å²) in [7, 11) is 3.21. The highest BCUT2D eigenvalue weighted by Gasteiger charge is 2.21. The minimum absolute atomic E-state index is 0.0789. The number of carbonyl (C=O) groups excluding carboxylic acids is 1. The molecule has 0 radical (unpaired) electrons. The van der Waals surface area contributed by atoms with Gasteiger partial charge in [0.1, 0.15) is 0 Å². The first-order valence-electron chi connectivity index (χ1n) is 6.54. The zero-order valence-corrected chi connectivity index (χ0v) is 15.6. The second kappa shape index (κ2) is 7.11. The van der Waals surface area contributed by atoms with Crippen LogP contribution in [0.1, 0.15) is 36.2 Å². The molecule has 1 amide bonds. The normalized spacial score (nSPS) is 11.8. The summed E-state index contributed by atoms with van der Waals surface area (Å²) in [4.78, 5) is 13.9. The number of hydrogen-bond acceptors (Lipinski definition) is 3. The highest BCUT2D eigenvalue weighted by molar-refractivity contribution is 9.10. The van der Waals surface area contributed by atoms with Gasteiger partial charge in [-0.25, -0.2) is 8.42 Å². The van der Waals surface area contributed by atoms with Crippen LogP contribution >= 0.6 is 26.6 Å². The molecule has 4 nitrogen and oxygen atoms in total. The molecule has 0 atom stereocenters. The van der Waals surface area contributed by atoms with Crippen LogP contribution < -0.4 is 0 Å². The van der Waals surface area contributed by atoms with E-state index in [-0.39, 0.29) is 10.8 Å². The standard InChI is InChI=1S/C14H19BrClNO3S/c1-9(2)5-6-17(4)14(18)11-7-10(3)13(15)12(8-11)21(16,19)20/h7-9H,5-6H2,1-4H3. The van der Waals surface area contributed by atoms with Crippen molar-refractivity contribution >= 4 is 41.6 Å². The summed E-state index contributed by atoms with van der Waals surface area (Å²) in [6.45, 7) is 6.51. The lowest BCUT2D eigenvalue weighted by molar-refractivity contribution is 0.0789. The smallest absolute Gasteiger partial charge is 0.262 e. The topological polar surface area (TPSA) is 54.5 Å². The van der Waals surface area contributed by atoms with E-state index in [1.54, 1.807) is 24.9 Å². The van der Waals surface area contributed by atoms with Crippen molar-refractivity contribution in [3.05, 3.63) is 27.7 Å². The SMILES string of the molecule is Cc1cc(C(=O)N(C)CCC(C)C)cc(S(=O)(=O)Cl)c1Br. The zero-order chi connectivity index (χ0) is 16.4. The average Bonchev–Trinajstić information content (AvgIpc) is 2.36. The first-order valence-corrected chi connectivity index (χ1v) is 9.64. The Hall–Kier alpha value is -0.590. The molecule has 0 aliphatic rings. The van der Waals surface area contributed by atoms with E-state index >= 15 is 0 Å². The predicted molar refractivity (Wildman–Crippen MR) is 88.3 cm³/mol. The van der Waals surface area contributed by atoms with E-state index in [1.165, 1.54) is 6.07 Å². The van der Waals surface area contributed by atoms with Crippen molar-refractivity contribution in [2.24, 2.45) is 5.92 Å². The summed E-state index contributed by atoms with van der Waals surface area (Å²) >= 11 is 3.20. The van der Waals surface area contributed by atoms with Crippen LogP contribution in [0, 0.1) is 12.8 Å². The van der Waals surface area contributed by atoms with Crippen LogP contribution in [0.5, 0.6) is 0 Å². The Labute approximate surface area is 139 Å². The molecular weight excluding hydrogens is 378 g/mol. The molecule has 1 aromatic rings. The van der Waals surface area contributed by atoms with E-state index < -0.39 is 9.05 Å². The third kappa shape index (κ3) is 4.97. The van der Waals surface area contributed by atoms with Crippen molar-refractivity contribution in [3.8, 4) is 0 Å². The molecule has 0 unspecified atom stereocenters. The zero-order valence-electron chi connectivity index (χ0n) is 12.5. The summed E-state index contributed by atoms with van der Waals surface area (Å²) < 4.78 is 23.5. The van der Waals surface area contributed by atoms with Crippen molar-refractivity contribution in [3.63, 3.8) is 0 Å². The Morgan fingerprint density at radius 1 is 1.38 bits per heavy atom. The van der Waals surface area contributed by atoms with Gasteiger partial charge in [0.05, 0.1) is 4.90 Å². The number of amides is 1. The molecular formula is C14H19BrClNO3S. The highest BCUT2D eigenvalue weighted by Crippen LogP contribution is 2.30. The maximum absolute atomic E-state index is 12.4. The van der Waals surface area contributed by atoms with Crippen LogP contribution in [0.3, 0.4) is 0 Å². The van der Waals surface area contributed by atoms with E-state index in [9.17, 15) is 13.2 Å². The summed E-state index contributed by atoms with van der Waals surface area (Å²) in [5, 5.41) is 0. The lowest BCUT2D eigenvalue weighted by Gasteiger charge is -2.19. The van der Waals surface area contributed by atoms with Crippen LogP contribution in [0.25, 0.3) is 0 Å². The molecule has 0 saturated carbocycles. The first kappa shape index (κ1) is 18.5. The van der Waals surface area contributed by atoms with Crippen molar-refractivity contribution in [1.82, 2.24) is 4.90 Å². The number of halogens is 2. The number of benzene rings is 1. The predicted octanol–water partition coefficient (Wildman–Crippen LogP) is 3.80. The fraction of sp³-hybridized carbons (Fsp3) is 0.500. The van der Waals surface area contributed by atoms with Gasteiger partial charge in [0.25, 0.3) is 15.0 Å². The molecule has 1 rings (SSSR count). The van der Waals surface area contributed by atoms with Crippen molar-refractivity contribution < 1.29 is 13.2 Å². The molecule has 0 bridgehead atoms. The number of aryl methyl sites for hydroxylation is 1. The van der Waals surface area contributed by atoms with Crippen LogP contribution in [0.4, 0.5) is 0 Å². The highest BCUT2D eigenvalue weighted by atomic mass is 79.9. The maximum atomic E-state index is 12.4. The van der Waals surface area contributed by atoms with Crippen molar-refractivity contribution in [1.29, 1.82) is 0 Å². The lowest BCUT2D eigenvalue weighted by atomic mass is 10.1. The van der Waals surface area contributed by atoms with E-state index in [1.807, 2.05) is 0 Å². The van der Waals surface area contributed by atoms with Crippen LogP contribution in [0.2, 0.25) is 0 Å². The largest absolute Gasteiger partial charge is 0.342 e. The fourth-order valence-corrected chi connectivity index (χ4v) is 3.97. The number of rotatable bonds is 5. The molecule has 0 saturated heterocycles. The Morgan fingerprint density at radius 2 is 1.95 bits per heavy atom. The van der Waals surface area contributed by atoms with Crippen LogP contribution in [-0.2, 0) is 9.05 Å². The van der Waals surface area contributed by atoms with Gasteiger partial charge in [0.15, 0.2) is 0 Å². The first-order chi connectivity index (χ1) is 9.54. The summed E-state index contributed by atoms with van der Waals surface area (Å²) in [5.41, 5.74) is 0.971. The van der Waals surface area contributed by atoms with Crippen molar-refractivity contribution in [2.75, 3.05) is 13.6 Å². The summed E-state index contributed by atoms with van der Waals surface area (Å²) in [6, 6.07) is 2.97. The molecule has 0 aromatic heterocycles. The molecule has 118 valence electrons. The van der Waals surface area contributed by atoms with Gasteiger partial charge in [-0.2, -0.15) is 0 Å². The minimum atomic E-state index is -3.91. The fourth-order valence-electron chi connectivity index (χ4n) is 1.81.